The Morgan fingerprint density at radius 2 is 1.75 bits per heavy atom. The molecule has 0 bridgehead atoms. The van der Waals surface area contributed by atoms with Gasteiger partial charge in [0.15, 0.2) is 0 Å². The number of hydrogen-bond acceptors (Lipinski definition) is 2. The Labute approximate surface area is 136 Å². The molecular formula is C16H17Br2NO. The number of rotatable bonds is 5. The SMILES string of the molecule is CCCOc1ccccc1C(N)c1cc(Br)cc(Br)c1. The van der Waals surface area contributed by atoms with E-state index in [4.69, 9.17) is 10.5 Å². The summed E-state index contributed by atoms with van der Waals surface area (Å²) in [6, 6.07) is 13.8. The Morgan fingerprint density at radius 3 is 2.40 bits per heavy atom. The molecule has 0 radical (unpaired) electrons. The fourth-order valence-corrected chi connectivity index (χ4v) is 3.34. The zero-order chi connectivity index (χ0) is 14.5. The molecule has 0 aliphatic rings. The van der Waals surface area contributed by atoms with Crippen molar-refractivity contribution in [1.82, 2.24) is 0 Å². The lowest BCUT2D eigenvalue weighted by Crippen LogP contribution is -2.13. The van der Waals surface area contributed by atoms with Crippen LogP contribution in [0, 0.1) is 0 Å². The first kappa shape index (κ1) is 15.5. The second-order valence-corrected chi connectivity index (χ2v) is 6.40. The summed E-state index contributed by atoms with van der Waals surface area (Å²) in [6.07, 6.45) is 0.978. The molecule has 2 nitrogen and oxygen atoms in total. The highest BCUT2D eigenvalue weighted by atomic mass is 79.9. The molecule has 2 aromatic rings. The first-order valence-corrected chi connectivity index (χ1v) is 8.13. The van der Waals surface area contributed by atoms with Gasteiger partial charge < -0.3 is 10.5 Å². The molecule has 20 heavy (non-hydrogen) atoms. The van der Waals surface area contributed by atoms with E-state index >= 15 is 0 Å². The van der Waals surface area contributed by atoms with Crippen LogP contribution in [0.3, 0.4) is 0 Å². The van der Waals surface area contributed by atoms with Gasteiger partial charge in [0.05, 0.1) is 12.6 Å². The van der Waals surface area contributed by atoms with Crippen molar-refractivity contribution < 1.29 is 4.74 Å². The highest BCUT2D eigenvalue weighted by Crippen LogP contribution is 2.31. The van der Waals surface area contributed by atoms with E-state index < -0.39 is 0 Å². The maximum atomic E-state index is 6.40. The fourth-order valence-electron chi connectivity index (χ4n) is 2.02. The van der Waals surface area contributed by atoms with E-state index in [0.29, 0.717) is 6.61 Å². The minimum absolute atomic E-state index is 0.211. The van der Waals surface area contributed by atoms with Crippen LogP contribution in [-0.4, -0.2) is 6.61 Å². The zero-order valence-electron chi connectivity index (χ0n) is 11.3. The Kier molecular flexibility index (Phi) is 5.64. The molecule has 0 heterocycles. The number of ether oxygens (including phenoxy) is 1. The van der Waals surface area contributed by atoms with Gasteiger partial charge >= 0.3 is 0 Å². The molecule has 2 N–H and O–H groups in total. The number of para-hydroxylation sites is 1. The Morgan fingerprint density at radius 1 is 1.10 bits per heavy atom. The van der Waals surface area contributed by atoms with Crippen molar-refractivity contribution in [2.75, 3.05) is 6.61 Å². The second-order valence-electron chi connectivity index (χ2n) is 4.57. The normalized spacial score (nSPS) is 12.2. The van der Waals surface area contributed by atoms with E-state index in [2.05, 4.69) is 38.8 Å². The van der Waals surface area contributed by atoms with Gasteiger partial charge in [-0.3, -0.25) is 0 Å². The summed E-state index contributed by atoms with van der Waals surface area (Å²) in [5.74, 6) is 0.859. The van der Waals surface area contributed by atoms with Crippen molar-refractivity contribution in [3.8, 4) is 5.75 Å². The van der Waals surface area contributed by atoms with Crippen molar-refractivity contribution in [3.63, 3.8) is 0 Å². The monoisotopic (exact) mass is 397 g/mol. The van der Waals surface area contributed by atoms with Crippen molar-refractivity contribution in [3.05, 3.63) is 62.5 Å². The summed E-state index contributed by atoms with van der Waals surface area (Å²) >= 11 is 6.99. The van der Waals surface area contributed by atoms with Crippen LogP contribution in [0.2, 0.25) is 0 Å². The van der Waals surface area contributed by atoms with Gasteiger partial charge in [0.2, 0.25) is 0 Å². The summed E-state index contributed by atoms with van der Waals surface area (Å²) in [4.78, 5) is 0. The van der Waals surface area contributed by atoms with Gasteiger partial charge in [0.1, 0.15) is 5.75 Å². The average Bonchev–Trinajstić information content (AvgIpc) is 2.43. The number of hydrogen-bond donors (Lipinski definition) is 1. The number of halogens is 2. The summed E-state index contributed by atoms with van der Waals surface area (Å²) in [5.41, 5.74) is 8.45. The van der Waals surface area contributed by atoms with E-state index in [1.165, 1.54) is 0 Å². The van der Waals surface area contributed by atoms with Gasteiger partial charge in [0, 0.05) is 14.5 Å². The minimum atomic E-state index is -0.211. The smallest absolute Gasteiger partial charge is 0.124 e. The molecule has 2 aromatic carbocycles. The Bertz CT molecular complexity index is 566. The summed E-state index contributed by atoms with van der Waals surface area (Å²) in [5, 5.41) is 0. The van der Waals surface area contributed by atoms with Crippen molar-refractivity contribution in [2.45, 2.75) is 19.4 Å². The van der Waals surface area contributed by atoms with E-state index in [0.717, 1.165) is 32.2 Å². The van der Waals surface area contributed by atoms with Crippen LogP contribution in [0.15, 0.2) is 51.4 Å². The molecule has 2 rings (SSSR count). The topological polar surface area (TPSA) is 35.2 Å². The maximum Gasteiger partial charge on any atom is 0.124 e. The third-order valence-electron chi connectivity index (χ3n) is 2.96. The van der Waals surface area contributed by atoms with Crippen LogP contribution in [0.25, 0.3) is 0 Å². The fraction of sp³-hybridized carbons (Fsp3) is 0.250. The van der Waals surface area contributed by atoms with Crippen molar-refractivity contribution >= 4 is 31.9 Å². The molecule has 0 amide bonds. The van der Waals surface area contributed by atoms with Gasteiger partial charge in [0.25, 0.3) is 0 Å². The van der Waals surface area contributed by atoms with Crippen LogP contribution in [0.4, 0.5) is 0 Å². The van der Waals surface area contributed by atoms with Gasteiger partial charge in [-0.1, -0.05) is 57.0 Å². The lowest BCUT2D eigenvalue weighted by Gasteiger charge is -2.17. The van der Waals surface area contributed by atoms with E-state index in [-0.39, 0.29) is 6.04 Å². The molecule has 1 atom stereocenters. The van der Waals surface area contributed by atoms with Gasteiger partial charge in [-0.2, -0.15) is 0 Å². The van der Waals surface area contributed by atoms with Gasteiger partial charge in [-0.25, -0.2) is 0 Å². The molecule has 0 aromatic heterocycles. The summed E-state index contributed by atoms with van der Waals surface area (Å²) in [6.45, 7) is 2.79. The number of nitrogens with two attached hydrogens (primary N) is 1. The third-order valence-corrected chi connectivity index (χ3v) is 3.88. The lowest BCUT2D eigenvalue weighted by molar-refractivity contribution is 0.313. The lowest BCUT2D eigenvalue weighted by atomic mass is 9.99. The summed E-state index contributed by atoms with van der Waals surface area (Å²) in [7, 11) is 0. The van der Waals surface area contributed by atoms with Crippen molar-refractivity contribution in [1.29, 1.82) is 0 Å². The van der Waals surface area contributed by atoms with Gasteiger partial charge in [-0.05, 0) is 36.2 Å². The van der Waals surface area contributed by atoms with Gasteiger partial charge in [-0.15, -0.1) is 0 Å². The first-order chi connectivity index (χ1) is 9.61. The highest BCUT2D eigenvalue weighted by Gasteiger charge is 2.14. The molecule has 4 heteroatoms. The minimum Gasteiger partial charge on any atom is -0.493 e. The molecular weight excluding hydrogens is 382 g/mol. The average molecular weight is 399 g/mol. The molecule has 106 valence electrons. The third kappa shape index (κ3) is 3.84. The van der Waals surface area contributed by atoms with Crippen LogP contribution >= 0.6 is 31.9 Å². The highest BCUT2D eigenvalue weighted by molar-refractivity contribution is 9.11. The quantitative estimate of drug-likeness (QED) is 0.764. The molecule has 0 spiro atoms. The maximum absolute atomic E-state index is 6.40. The zero-order valence-corrected chi connectivity index (χ0v) is 14.4. The summed E-state index contributed by atoms with van der Waals surface area (Å²) < 4.78 is 7.79. The largest absolute Gasteiger partial charge is 0.493 e. The molecule has 0 aliphatic heterocycles. The second kappa shape index (κ2) is 7.25. The van der Waals surface area contributed by atoms with E-state index in [1.807, 2.05) is 42.5 Å². The van der Waals surface area contributed by atoms with Crippen LogP contribution in [0.5, 0.6) is 5.75 Å². The van der Waals surface area contributed by atoms with E-state index in [9.17, 15) is 0 Å². The predicted octanol–water partition coefficient (Wildman–Crippen LogP) is 5.05. The molecule has 0 saturated carbocycles. The Balaban J connectivity index is 2.34. The predicted molar refractivity (Wildman–Crippen MR) is 90.1 cm³/mol. The van der Waals surface area contributed by atoms with Crippen LogP contribution in [-0.2, 0) is 0 Å². The molecule has 1 unspecified atom stereocenters. The molecule has 0 aliphatic carbocycles. The molecule has 0 fully saturated rings. The molecule has 0 saturated heterocycles. The van der Waals surface area contributed by atoms with Crippen molar-refractivity contribution in [2.24, 2.45) is 5.73 Å². The van der Waals surface area contributed by atoms with Crippen LogP contribution < -0.4 is 10.5 Å². The standard InChI is InChI=1S/C16H17Br2NO/c1-2-7-20-15-6-4-3-5-14(15)16(19)11-8-12(17)10-13(18)9-11/h3-6,8-10,16H,2,7,19H2,1H3. The van der Waals surface area contributed by atoms with Crippen LogP contribution in [0.1, 0.15) is 30.5 Å². The first-order valence-electron chi connectivity index (χ1n) is 6.55. The number of benzene rings is 2. The Hall–Kier alpha value is -0.840. The van der Waals surface area contributed by atoms with E-state index in [1.54, 1.807) is 0 Å².